The van der Waals surface area contributed by atoms with Crippen molar-refractivity contribution in [2.45, 2.75) is 16.1 Å². The number of carbonyl (C=O) groups is 2. The van der Waals surface area contributed by atoms with Gasteiger partial charge in [-0.15, -0.1) is 10.2 Å². The maximum Gasteiger partial charge on any atom is 0.296 e. The van der Waals surface area contributed by atoms with Crippen molar-refractivity contribution in [3.8, 4) is 0 Å². The molecule has 2 aromatic heterocycles. The maximum absolute atomic E-state index is 13.3. The summed E-state index contributed by atoms with van der Waals surface area (Å²) >= 11 is 27.1. The predicted octanol–water partition coefficient (Wildman–Crippen LogP) is 7.82. The highest BCUT2D eigenvalue weighted by Crippen LogP contribution is 2.45. The number of carbonyl (C=O) groups excluding carboxylic acids is 2. The van der Waals surface area contributed by atoms with Crippen LogP contribution in [0, 0.1) is 0 Å². The quantitative estimate of drug-likeness (QED) is 0.129. The Bertz CT molecular complexity index is 1560. The summed E-state index contributed by atoms with van der Waals surface area (Å²) in [6.07, 6.45) is 1.33. The van der Waals surface area contributed by atoms with Crippen molar-refractivity contribution in [1.82, 2.24) is 10.2 Å². The third kappa shape index (κ3) is 5.12. The Morgan fingerprint density at radius 2 is 1.86 bits per heavy atom. The molecule has 4 aromatic rings. The molecule has 188 valence electrons. The third-order valence-corrected chi connectivity index (χ3v) is 8.86. The zero-order valence-corrected chi connectivity index (χ0v) is 23.0. The highest BCUT2D eigenvalue weighted by molar-refractivity contribution is 8.00. The molecule has 3 heterocycles. The molecule has 0 spiro atoms. The Kier molecular flexibility index (Phi) is 7.53. The number of ketones is 1. The van der Waals surface area contributed by atoms with Crippen LogP contribution in [0.25, 0.3) is 0 Å². The summed E-state index contributed by atoms with van der Waals surface area (Å²) in [5.74, 6) is -1.71. The molecule has 0 radical (unpaired) electrons. The van der Waals surface area contributed by atoms with E-state index in [0.29, 0.717) is 30.7 Å². The summed E-state index contributed by atoms with van der Waals surface area (Å²) in [6.45, 7) is 0. The van der Waals surface area contributed by atoms with Crippen LogP contribution in [0.3, 0.4) is 0 Å². The van der Waals surface area contributed by atoms with Gasteiger partial charge in [-0.3, -0.25) is 14.5 Å². The van der Waals surface area contributed by atoms with Crippen molar-refractivity contribution in [3.63, 3.8) is 0 Å². The van der Waals surface area contributed by atoms with Crippen LogP contribution in [0.5, 0.6) is 0 Å². The van der Waals surface area contributed by atoms with E-state index in [1.54, 1.807) is 24.3 Å². The minimum atomic E-state index is -1.05. The average molecular weight is 613 g/mol. The third-order valence-electron chi connectivity index (χ3n) is 5.43. The molecule has 1 atom stereocenters. The Morgan fingerprint density at radius 3 is 2.57 bits per heavy atom. The lowest BCUT2D eigenvalue weighted by Gasteiger charge is -2.24. The van der Waals surface area contributed by atoms with Gasteiger partial charge in [0, 0.05) is 15.8 Å². The maximum atomic E-state index is 13.3. The average Bonchev–Trinajstić information content (AvgIpc) is 3.61. The van der Waals surface area contributed by atoms with E-state index in [0.717, 1.165) is 16.9 Å². The molecule has 0 fully saturated rings. The number of furan rings is 1. The van der Waals surface area contributed by atoms with Crippen molar-refractivity contribution in [2.75, 3.05) is 4.90 Å². The van der Waals surface area contributed by atoms with Crippen LogP contribution < -0.4 is 4.90 Å². The lowest BCUT2D eigenvalue weighted by molar-refractivity contribution is -0.117. The molecule has 1 amide bonds. The minimum absolute atomic E-state index is 0.0328. The molecular weight excluding hydrogens is 600 g/mol. The zero-order valence-electron chi connectivity index (χ0n) is 18.3. The standard InChI is InChI=1S/C24H13Cl4N3O4S2/c25-13-5-3-12(15(27)9-13)10-36-24-30-29-23(37-24)31-19(11-4-6-14(26)16(28)8-11)18(21(33)22(31)34)20(32)17-2-1-7-35-17/h1-9,19,33H,10H2. The zero-order chi connectivity index (χ0) is 26.3. The fraction of sp³-hybridized carbons (Fsp3) is 0.0833. The normalized spacial score (nSPS) is 15.6. The number of aromatic nitrogens is 2. The van der Waals surface area contributed by atoms with Gasteiger partial charge in [-0.05, 0) is 47.5 Å². The van der Waals surface area contributed by atoms with Crippen molar-refractivity contribution in [2.24, 2.45) is 0 Å². The fourth-order valence-electron chi connectivity index (χ4n) is 3.71. The topological polar surface area (TPSA) is 96.5 Å². The Hall–Kier alpha value is -2.53. The number of halogens is 4. The highest BCUT2D eigenvalue weighted by atomic mass is 35.5. The summed E-state index contributed by atoms with van der Waals surface area (Å²) in [6, 6.07) is 11.8. The van der Waals surface area contributed by atoms with E-state index >= 15 is 0 Å². The van der Waals surface area contributed by atoms with Crippen LogP contribution in [0.1, 0.15) is 27.7 Å². The van der Waals surface area contributed by atoms with Gasteiger partial charge in [-0.1, -0.05) is 81.6 Å². The van der Waals surface area contributed by atoms with Crippen LogP contribution in [0.4, 0.5) is 5.13 Å². The van der Waals surface area contributed by atoms with Gasteiger partial charge in [0.05, 0.1) is 27.9 Å². The first-order chi connectivity index (χ1) is 17.7. The second-order valence-electron chi connectivity index (χ2n) is 7.69. The van der Waals surface area contributed by atoms with Crippen molar-refractivity contribution in [3.05, 3.63) is 103 Å². The van der Waals surface area contributed by atoms with Gasteiger partial charge in [0.15, 0.2) is 15.9 Å². The number of aliphatic hydroxyl groups excluding tert-OH is 1. The number of aliphatic hydroxyl groups is 1. The Morgan fingerprint density at radius 1 is 1.05 bits per heavy atom. The summed E-state index contributed by atoms with van der Waals surface area (Å²) < 4.78 is 5.78. The second-order valence-corrected chi connectivity index (χ2v) is 11.5. The summed E-state index contributed by atoms with van der Waals surface area (Å²) in [5, 5.41) is 20.9. The molecule has 37 heavy (non-hydrogen) atoms. The van der Waals surface area contributed by atoms with E-state index in [2.05, 4.69) is 10.2 Å². The van der Waals surface area contributed by atoms with Gasteiger partial charge in [0.1, 0.15) is 0 Å². The van der Waals surface area contributed by atoms with Gasteiger partial charge in [-0.25, -0.2) is 0 Å². The number of amides is 1. The molecule has 0 aliphatic carbocycles. The van der Waals surface area contributed by atoms with E-state index in [4.69, 9.17) is 50.8 Å². The van der Waals surface area contributed by atoms with Crippen molar-refractivity contribution in [1.29, 1.82) is 0 Å². The van der Waals surface area contributed by atoms with Gasteiger partial charge in [-0.2, -0.15) is 0 Å². The van der Waals surface area contributed by atoms with Crippen LogP contribution in [0.15, 0.2) is 74.9 Å². The lowest BCUT2D eigenvalue weighted by atomic mass is 9.95. The molecule has 7 nitrogen and oxygen atoms in total. The van der Waals surface area contributed by atoms with Gasteiger partial charge < -0.3 is 9.52 Å². The SMILES string of the molecule is O=C(C1=C(O)C(=O)N(c2nnc(SCc3ccc(Cl)cc3Cl)s2)C1c1ccc(Cl)c(Cl)c1)c1ccco1. The monoisotopic (exact) mass is 611 g/mol. The molecule has 0 saturated heterocycles. The lowest BCUT2D eigenvalue weighted by Crippen LogP contribution is -2.31. The number of anilines is 1. The molecule has 0 saturated carbocycles. The largest absolute Gasteiger partial charge is 0.503 e. The van der Waals surface area contributed by atoms with E-state index < -0.39 is 23.5 Å². The van der Waals surface area contributed by atoms with Crippen LogP contribution in [-0.4, -0.2) is 27.0 Å². The minimum Gasteiger partial charge on any atom is -0.503 e. The van der Waals surface area contributed by atoms with E-state index in [9.17, 15) is 14.7 Å². The van der Waals surface area contributed by atoms with Crippen LogP contribution in [0.2, 0.25) is 20.1 Å². The summed E-state index contributed by atoms with van der Waals surface area (Å²) in [7, 11) is 0. The van der Waals surface area contributed by atoms with Crippen molar-refractivity contribution >= 4 is 86.3 Å². The predicted molar refractivity (Wildman–Crippen MR) is 145 cm³/mol. The van der Waals surface area contributed by atoms with Gasteiger partial charge in [0.2, 0.25) is 10.9 Å². The molecule has 1 aliphatic rings. The molecule has 2 aromatic carbocycles. The second kappa shape index (κ2) is 10.7. The number of nitrogens with zero attached hydrogens (tertiary/aromatic N) is 3. The van der Waals surface area contributed by atoms with E-state index in [1.807, 2.05) is 6.07 Å². The first kappa shape index (κ1) is 26.1. The number of rotatable bonds is 7. The molecule has 1 aliphatic heterocycles. The summed E-state index contributed by atoms with van der Waals surface area (Å²) in [4.78, 5) is 27.8. The molecule has 5 rings (SSSR count). The molecular formula is C24H13Cl4N3O4S2. The number of hydrogen-bond acceptors (Lipinski definition) is 8. The Balaban J connectivity index is 1.50. The fourth-order valence-corrected chi connectivity index (χ4v) is 6.44. The van der Waals surface area contributed by atoms with Crippen LogP contribution in [-0.2, 0) is 10.5 Å². The molecule has 0 bridgehead atoms. The number of thioether (sulfide) groups is 1. The number of Topliss-reactive ketones (excluding diaryl/α,β-unsaturated/α-hetero) is 1. The number of hydrogen-bond donors (Lipinski definition) is 1. The molecule has 13 heteroatoms. The molecule has 1 unspecified atom stereocenters. The smallest absolute Gasteiger partial charge is 0.296 e. The number of benzene rings is 2. The summed E-state index contributed by atoms with van der Waals surface area (Å²) in [5.41, 5.74) is 1.12. The van der Waals surface area contributed by atoms with E-state index in [-0.39, 0.29) is 21.5 Å². The first-order valence-electron chi connectivity index (χ1n) is 10.4. The molecule has 1 N–H and O–H groups in total. The Labute approximate surface area is 238 Å². The van der Waals surface area contributed by atoms with Crippen molar-refractivity contribution < 1.29 is 19.1 Å². The van der Waals surface area contributed by atoms with Crippen LogP contribution >= 0.6 is 69.5 Å². The van der Waals surface area contributed by atoms with Gasteiger partial charge >= 0.3 is 0 Å². The highest BCUT2D eigenvalue weighted by Gasteiger charge is 2.46. The van der Waals surface area contributed by atoms with E-state index in [1.165, 1.54) is 41.1 Å². The van der Waals surface area contributed by atoms with Gasteiger partial charge in [0.25, 0.3) is 5.91 Å². The first-order valence-corrected chi connectivity index (χ1v) is 13.8.